The van der Waals surface area contributed by atoms with Crippen molar-refractivity contribution in [3.63, 3.8) is 0 Å². The molecule has 4 rings (SSSR count). The average molecular weight is 229 g/mol. The second-order valence-electron chi connectivity index (χ2n) is 6.23. The van der Waals surface area contributed by atoms with Crippen LogP contribution in [0.4, 0.5) is 0 Å². The highest BCUT2D eigenvalue weighted by Crippen LogP contribution is 2.65. The van der Waals surface area contributed by atoms with Crippen molar-refractivity contribution in [2.45, 2.75) is 37.7 Å². The zero-order valence-corrected chi connectivity index (χ0v) is 10.0. The first-order chi connectivity index (χ1) is 8.29. The van der Waals surface area contributed by atoms with Crippen molar-refractivity contribution in [1.82, 2.24) is 4.98 Å². The molecule has 2 bridgehead atoms. The fourth-order valence-electron chi connectivity index (χ4n) is 5.06. The molecule has 0 spiro atoms. The van der Waals surface area contributed by atoms with E-state index in [4.69, 9.17) is 0 Å². The first kappa shape index (κ1) is 10.1. The molecular formula is C15H19NO. The van der Waals surface area contributed by atoms with Gasteiger partial charge in [-0.2, -0.15) is 0 Å². The van der Waals surface area contributed by atoms with E-state index in [1.165, 1.54) is 25.7 Å². The maximum absolute atomic E-state index is 11.1. The molecule has 3 saturated carbocycles. The van der Waals surface area contributed by atoms with Crippen LogP contribution in [0.1, 0.15) is 37.7 Å². The third-order valence-corrected chi connectivity index (χ3v) is 5.65. The molecule has 1 aromatic rings. The lowest BCUT2D eigenvalue weighted by atomic mass is 9.70. The molecule has 0 amide bonds. The highest BCUT2D eigenvalue weighted by Gasteiger charge is 2.60. The Balaban J connectivity index is 1.73. The Morgan fingerprint density at radius 1 is 1.29 bits per heavy atom. The van der Waals surface area contributed by atoms with Crippen molar-refractivity contribution in [2.75, 3.05) is 0 Å². The van der Waals surface area contributed by atoms with Crippen LogP contribution >= 0.6 is 0 Å². The molecule has 2 heteroatoms. The van der Waals surface area contributed by atoms with E-state index < -0.39 is 5.60 Å². The standard InChI is InChI=1S/C15H19NO/c17-15(11-3-2-6-16-9-11)8-10-7-14(15)13-5-1-4-12(10)13/h2-3,6,9-10,12-14,17H,1,4-5,7-8H2. The van der Waals surface area contributed by atoms with Gasteiger partial charge in [-0.1, -0.05) is 12.5 Å². The molecule has 0 aliphatic heterocycles. The van der Waals surface area contributed by atoms with E-state index in [0.29, 0.717) is 5.92 Å². The minimum atomic E-state index is -0.565. The van der Waals surface area contributed by atoms with Crippen molar-refractivity contribution < 1.29 is 5.11 Å². The van der Waals surface area contributed by atoms with Crippen LogP contribution < -0.4 is 0 Å². The van der Waals surface area contributed by atoms with Gasteiger partial charge in [-0.15, -0.1) is 0 Å². The van der Waals surface area contributed by atoms with Gasteiger partial charge in [-0.25, -0.2) is 0 Å². The quantitative estimate of drug-likeness (QED) is 0.803. The molecule has 0 aromatic carbocycles. The minimum Gasteiger partial charge on any atom is -0.385 e. The highest BCUT2D eigenvalue weighted by atomic mass is 16.3. The van der Waals surface area contributed by atoms with Crippen LogP contribution in [0.2, 0.25) is 0 Å². The molecule has 90 valence electrons. The second-order valence-corrected chi connectivity index (χ2v) is 6.23. The zero-order chi connectivity index (χ0) is 11.5. The topological polar surface area (TPSA) is 33.1 Å². The summed E-state index contributed by atoms with van der Waals surface area (Å²) in [4.78, 5) is 4.18. The normalized spacial score (nSPS) is 47.4. The van der Waals surface area contributed by atoms with Gasteiger partial charge in [-0.3, -0.25) is 4.98 Å². The van der Waals surface area contributed by atoms with Crippen molar-refractivity contribution in [2.24, 2.45) is 23.7 Å². The van der Waals surface area contributed by atoms with Crippen LogP contribution in [-0.2, 0) is 5.60 Å². The molecule has 1 N–H and O–H groups in total. The van der Waals surface area contributed by atoms with Crippen molar-refractivity contribution in [1.29, 1.82) is 0 Å². The van der Waals surface area contributed by atoms with E-state index >= 15 is 0 Å². The molecule has 3 aliphatic rings. The second kappa shape index (κ2) is 3.32. The average Bonchev–Trinajstić information content (AvgIpc) is 3.00. The highest BCUT2D eigenvalue weighted by molar-refractivity contribution is 5.25. The summed E-state index contributed by atoms with van der Waals surface area (Å²) in [5.74, 6) is 3.00. The van der Waals surface area contributed by atoms with Gasteiger partial charge in [0.15, 0.2) is 0 Å². The van der Waals surface area contributed by atoms with E-state index in [1.54, 1.807) is 6.20 Å². The smallest absolute Gasteiger partial charge is 0.0944 e. The Labute approximate surface area is 102 Å². The van der Waals surface area contributed by atoms with Gasteiger partial charge < -0.3 is 5.11 Å². The van der Waals surface area contributed by atoms with Crippen molar-refractivity contribution in [3.05, 3.63) is 30.1 Å². The van der Waals surface area contributed by atoms with Gasteiger partial charge in [0.2, 0.25) is 0 Å². The lowest BCUT2D eigenvalue weighted by molar-refractivity contribution is -0.0514. The lowest BCUT2D eigenvalue weighted by Gasteiger charge is -2.39. The van der Waals surface area contributed by atoms with Crippen LogP contribution in [0.5, 0.6) is 0 Å². The Kier molecular flexibility index (Phi) is 1.97. The molecule has 0 radical (unpaired) electrons. The predicted octanol–water partition coefficient (Wildman–Crippen LogP) is 2.73. The summed E-state index contributed by atoms with van der Waals surface area (Å²) in [6, 6.07) is 4.00. The fourth-order valence-corrected chi connectivity index (χ4v) is 5.06. The Morgan fingerprint density at radius 3 is 3.00 bits per heavy atom. The van der Waals surface area contributed by atoms with Gasteiger partial charge in [-0.05, 0) is 55.4 Å². The van der Waals surface area contributed by atoms with Crippen LogP contribution in [-0.4, -0.2) is 10.1 Å². The molecule has 1 heterocycles. The number of aliphatic hydroxyl groups is 1. The van der Waals surface area contributed by atoms with Crippen LogP contribution in [0, 0.1) is 23.7 Å². The fraction of sp³-hybridized carbons (Fsp3) is 0.667. The molecule has 1 aromatic heterocycles. The molecule has 5 atom stereocenters. The number of nitrogens with zero attached hydrogens (tertiary/aromatic N) is 1. The number of pyridine rings is 1. The molecule has 17 heavy (non-hydrogen) atoms. The van der Waals surface area contributed by atoms with Crippen LogP contribution in [0.15, 0.2) is 24.5 Å². The van der Waals surface area contributed by atoms with Gasteiger partial charge in [0.1, 0.15) is 0 Å². The molecule has 5 unspecified atom stereocenters. The molecular weight excluding hydrogens is 210 g/mol. The Hall–Kier alpha value is -0.890. The maximum atomic E-state index is 11.1. The number of hydrogen-bond donors (Lipinski definition) is 1. The third-order valence-electron chi connectivity index (χ3n) is 5.65. The van der Waals surface area contributed by atoms with Crippen LogP contribution in [0.25, 0.3) is 0 Å². The summed E-state index contributed by atoms with van der Waals surface area (Å²) in [5, 5.41) is 11.1. The summed E-state index contributed by atoms with van der Waals surface area (Å²) in [6.45, 7) is 0. The van der Waals surface area contributed by atoms with Crippen LogP contribution in [0.3, 0.4) is 0 Å². The predicted molar refractivity (Wildman–Crippen MR) is 65.2 cm³/mol. The monoisotopic (exact) mass is 229 g/mol. The number of fused-ring (bicyclic) bond motifs is 5. The number of aromatic nitrogens is 1. The summed E-state index contributed by atoms with van der Waals surface area (Å²) in [7, 11) is 0. The Morgan fingerprint density at radius 2 is 2.18 bits per heavy atom. The Bertz CT molecular complexity index is 432. The molecule has 0 saturated heterocycles. The van der Waals surface area contributed by atoms with E-state index in [-0.39, 0.29) is 0 Å². The minimum absolute atomic E-state index is 0.504. The summed E-state index contributed by atoms with van der Waals surface area (Å²) >= 11 is 0. The first-order valence-electron chi connectivity index (χ1n) is 6.92. The van der Waals surface area contributed by atoms with E-state index in [9.17, 15) is 5.11 Å². The van der Waals surface area contributed by atoms with E-state index in [2.05, 4.69) is 11.1 Å². The zero-order valence-electron chi connectivity index (χ0n) is 10.0. The van der Waals surface area contributed by atoms with E-state index in [1.807, 2.05) is 12.3 Å². The maximum Gasteiger partial charge on any atom is 0.0944 e. The first-order valence-corrected chi connectivity index (χ1v) is 6.92. The largest absolute Gasteiger partial charge is 0.385 e. The van der Waals surface area contributed by atoms with Gasteiger partial charge >= 0.3 is 0 Å². The van der Waals surface area contributed by atoms with E-state index in [0.717, 1.165) is 29.7 Å². The lowest BCUT2D eigenvalue weighted by Crippen LogP contribution is -2.38. The molecule has 3 fully saturated rings. The van der Waals surface area contributed by atoms with Gasteiger partial charge in [0, 0.05) is 18.0 Å². The van der Waals surface area contributed by atoms with Gasteiger partial charge in [0.05, 0.1) is 5.60 Å². The van der Waals surface area contributed by atoms with Gasteiger partial charge in [0.25, 0.3) is 0 Å². The molecule has 2 nitrogen and oxygen atoms in total. The number of hydrogen-bond acceptors (Lipinski definition) is 2. The van der Waals surface area contributed by atoms with Crippen molar-refractivity contribution in [3.8, 4) is 0 Å². The summed E-state index contributed by atoms with van der Waals surface area (Å²) < 4.78 is 0. The third kappa shape index (κ3) is 1.22. The molecule has 3 aliphatic carbocycles. The number of rotatable bonds is 1. The summed E-state index contributed by atoms with van der Waals surface area (Å²) in [5.41, 5.74) is 0.489. The summed E-state index contributed by atoms with van der Waals surface area (Å²) in [6.07, 6.45) is 10.0. The SMILES string of the molecule is OC1(c2cccnc2)CC2CC1C1CCCC21. The van der Waals surface area contributed by atoms with Crippen molar-refractivity contribution >= 4 is 0 Å².